The van der Waals surface area contributed by atoms with E-state index < -0.39 is 11.6 Å². The highest BCUT2D eigenvalue weighted by molar-refractivity contribution is 6.32. The van der Waals surface area contributed by atoms with E-state index in [1.807, 2.05) is 6.07 Å². The van der Waals surface area contributed by atoms with Crippen LogP contribution >= 0.6 is 11.6 Å². The zero-order chi connectivity index (χ0) is 15.5. The quantitative estimate of drug-likeness (QED) is 0.721. The van der Waals surface area contributed by atoms with Gasteiger partial charge in [-0.3, -0.25) is 9.78 Å². The Morgan fingerprint density at radius 2 is 1.95 bits per heavy atom. The Morgan fingerprint density at radius 1 is 1.18 bits per heavy atom. The highest BCUT2D eigenvalue weighted by Crippen LogP contribution is 2.17. The average Bonchev–Trinajstić information content (AvgIpc) is 2.92. The van der Waals surface area contributed by atoms with E-state index in [-0.39, 0.29) is 11.0 Å². The fraction of sp³-hybridized carbons (Fsp3) is 0. The van der Waals surface area contributed by atoms with Crippen molar-refractivity contribution in [1.82, 2.24) is 19.7 Å². The maximum atomic E-state index is 12.1. The molecule has 1 amide bonds. The van der Waals surface area contributed by atoms with E-state index >= 15 is 0 Å². The van der Waals surface area contributed by atoms with Crippen molar-refractivity contribution in [2.45, 2.75) is 0 Å². The number of aromatic nitrogens is 4. The highest BCUT2D eigenvalue weighted by atomic mass is 35.5. The molecule has 3 aromatic rings. The van der Waals surface area contributed by atoms with Gasteiger partial charge in [-0.2, -0.15) is 4.68 Å². The Labute approximate surface area is 129 Å². The van der Waals surface area contributed by atoms with Gasteiger partial charge < -0.3 is 5.32 Å². The van der Waals surface area contributed by atoms with Crippen LogP contribution in [-0.4, -0.2) is 25.7 Å². The number of nitrogens with zero attached hydrogens (tertiary/aromatic N) is 3. The molecular formula is C14H10ClN5O2. The number of para-hydroxylation sites is 1. The van der Waals surface area contributed by atoms with Gasteiger partial charge >= 0.3 is 5.69 Å². The number of benzene rings is 1. The van der Waals surface area contributed by atoms with Crippen molar-refractivity contribution in [2.75, 3.05) is 5.32 Å². The second-order valence-electron chi connectivity index (χ2n) is 4.32. The number of hydrogen-bond acceptors (Lipinski definition) is 4. The van der Waals surface area contributed by atoms with Gasteiger partial charge in [0.25, 0.3) is 5.91 Å². The van der Waals surface area contributed by atoms with Gasteiger partial charge in [0.15, 0.2) is 5.15 Å². The Balaban J connectivity index is 1.89. The van der Waals surface area contributed by atoms with E-state index in [0.717, 1.165) is 4.68 Å². The van der Waals surface area contributed by atoms with Crippen LogP contribution in [0.2, 0.25) is 5.15 Å². The third kappa shape index (κ3) is 2.75. The summed E-state index contributed by atoms with van der Waals surface area (Å²) >= 11 is 5.86. The van der Waals surface area contributed by atoms with Crippen molar-refractivity contribution in [3.05, 3.63) is 70.1 Å². The average molecular weight is 316 g/mol. The molecule has 0 spiro atoms. The van der Waals surface area contributed by atoms with Gasteiger partial charge in [-0.1, -0.05) is 29.8 Å². The minimum Gasteiger partial charge on any atom is -0.317 e. The van der Waals surface area contributed by atoms with Gasteiger partial charge in [0.2, 0.25) is 5.82 Å². The first kappa shape index (κ1) is 14.0. The third-order valence-electron chi connectivity index (χ3n) is 2.84. The van der Waals surface area contributed by atoms with Crippen molar-refractivity contribution < 1.29 is 4.79 Å². The molecule has 0 saturated carbocycles. The first-order valence-electron chi connectivity index (χ1n) is 6.32. The van der Waals surface area contributed by atoms with E-state index in [0.29, 0.717) is 11.4 Å². The van der Waals surface area contributed by atoms with Crippen LogP contribution in [0.3, 0.4) is 0 Å². The number of amides is 1. The van der Waals surface area contributed by atoms with Crippen LogP contribution in [0.1, 0.15) is 10.6 Å². The van der Waals surface area contributed by atoms with Crippen molar-refractivity contribution in [2.24, 2.45) is 0 Å². The fourth-order valence-electron chi connectivity index (χ4n) is 1.83. The molecule has 0 saturated heterocycles. The van der Waals surface area contributed by atoms with Gasteiger partial charge in [-0.05, 0) is 24.3 Å². The zero-order valence-corrected chi connectivity index (χ0v) is 11.9. The topological polar surface area (TPSA) is 92.7 Å². The minimum atomic E-state index is -0.582. The zero-order valence-electron chi connectivity index (χ0n) is 11.2. The number of carbonyl (C=O) groups is 1. The molecule has 0 aliphatic rings. The van der Waals surface area contributed by atoms with Gasteiger partial charge in [0.05, 0.1) is 11.4 Å². The molecule has 0 bridgehead atoms. The lowest BCUT2D eigenvalue weighted by Crippen LogP contribution is -2.16. The van der Waals surface area contributed by atoms with Gasteiger partial charge in [-0.25, -0.2) is 9.78 Å². The SMILES string of the molecule is O=C(Nc1cccnc1Cl)c1nn(-c2ccccc2)c(=O)[nH]1. The number of rotatable bonds is 3. The summed E-state index contributed by atoms with van der Waals surface area (Å²) in [6.07, 6.45) is 1.50. The summed E-state index contributed by atoms with van der Waals surface area (Å²) in [4.78, 5) is 30.3. The van der Waals surface area contributed by atoms with E-state index in [1.165, 1.54) is 6.20 Å². The Hall–Kier alpha value is -2.93. The van der Waals surface area contributed by atoms with Crippen molar-refractivity contribution in [3.63, 3.8) is 0 Å². The van der Waals surface area contributed by atoms with Crippen LogP contribution in [0, 0.1) is 0 Å². The summed E-state index contributed by atoms with van der Waals surface area (Å²) in [5.41, 5.74) is 0.389. The number of carbonyl (C=O) groups excluding carboxylic acids is 1. The molecule has 22 heavy (non-hydrogen) atoms. The molecule has 2 N–H and O–H groups in total. The molecule has 2 aromatic heterocycles. The lowest BCUT2D eigenvalue weighted by molar-refractivity contribution is 0.101. The van der Waals surface area contributed by atoms with E-state index in [9.17, 15) is 9.59 Å². The number of nitrogens with one attached hydrogen (secondary N) is 2. The summed E-state index contributed by atoms with van der Waals surface area (Å²) in [6.45, 7) is 0. The third-order valence-corrected chi connectivity index (χ3v) is 3.14. The molecule has 7 nitrogen and oxygen atoms in total. The van der Waals surface area contributed by atoms with Crippen LogP contribution in [0.5, 0.6) is 0 Å². The minimum absolute atomic E-state index is 0.117. The lowest BCUT2D eigenvalue weighted by atomic mass is 10.3. The molecular weight excluding hydrogens is 306 g/mol. The number of aromatic amines is 1. The van der Waals surface area contributed by atoms with Crippen molar-refractivity contribution in [3.8, 4) is 5.69 Å². The Morgan fingerprint density at radius 3 is 2.68 bits per heavy atom. The summed E-state index contributed by atoms with van der Waals surface area (Å²) in [5.74, 6) is -0.699. The number of pyridine rings is 1. The molecule has 0 fully saturated rings. The van der Waals surface area contributed by atoms with Gasteiger partial charge in [0, 0.05) is 6.20 Å². The largest absolute Gasteiger partial charge is 0.348 e. The maximum absolute atomic E-state index is 12.1. The molecule has 0 unspecified atom stereocenters. The molecule has 0 radical (unpaired) electrons. The first-order chi connectivity index (χ1) is 10.6. The molecule has 0 aliphatic carbocycles. The first-order valence-corrected chi connectivity index (χ1v) is 6.69. The number of hydrogen-bond donors (Lipinski definition) is 2. The second kappa shape index (κ2) is 5.82. The number of anilines is 1. The van der Waals surface area contributed by atoms with E-state index in [2.05, 4.69) is 20.4 Å². The predicted molar refractivity (Wildman–Crippen MR) is 81.4 cm³/mol. The summed E-state index contributed by atoms with van der Waals surface area (Å²) in [6, 6.07) is 12.0. The summed E-state index contributed by atoms with van der Waals surface area (Å²) < 4.78 is 1.11. The molecule has 0 aliphatic heterocycles. The summed E-state index contributed by atoms with van der Waals surface area (Å²) in [7, 11) is 0. The van der Waals surface area contributed by atoms with Gasteiger partial charge in [-0.15, -0.1) is 5.10 Å². The Kier molecular flexibility index (Phi) is 3.71. The molecule has 2 heterocycles. The standard InChI is InChI=1S/C14H10ClN5O2/c15-11-10(7-4-8-16-11)17-13(21)12-18-14(22)20(19-12)9-5-2-1-3-6-9/h1-8H,(H,17,21)(H,18,19,22). The van der Waals surface area contributed by atoms with Crippen LogP contribution in [0.25, 0.3) is 5.69 Å². The van der Waals surface area contributed by atoms with Crippen LogP contribution < -0.4 is 11.0 Å². The maximum Gasteiger partial charge on any atom is 0.348 e. The predicted octanol–water partition coefficient (Wildman–Crippen LogP) is 1.86. The molecule has 0 atom stereocenters. The van der Waals surface area contributed by atoms with Crippen molar-refractivity contribution >= 4 is 23.2 Å². The Bertz CT molecular complexity index is 872. The molecule has 110 valence electrons. The van der Waals surface area contributed by atoms with E-state index in [1.54, 1.807) is 36.4 Å². The van der Waals surface area contributed by atoms with Crippen LogP contribution in [-0.2, 0) is 0 Å². The number of halogens is 1. The van der Waals surface area contributed by atoms with Crippen LogP contribution in [0.4, 0.5) is 5.69 Å². The number of H-pyrrole nitrogens is 1. The smallest absolute Gasteiger partial charge is 0.317 e. The van der Waals surface area contributed by atoms with Crippen LogP contribution in [0.15, 0.2) is 53.5 Å². The summed E-state index contributed by atoms with van der Waals surface area (Å²) in [5, 5.41) is 6.67. The fourth-order valence-corrected chi connectivity index (χ4v) is 2.00. The lowest BCUT2D eigenvalue weighted by Gasteiger charge is -2.03. The highest BCUT2D eigenvalue weighted by Gasteiger charge is 2.15. The molecule has 1 aromatic carbocycles. The van der Waals surface area contributed by atoms with E-state index in [4.69, 9.17) is 11.6 Å². The second-order valence-corrected chi connectivity index (χ2v) is 4.68. The molecule has 8 heteroatoms. The monoisotopic (exact) mass is 315 g/mol. The van der Waals surface area contributed by atoms with Gasteiger partial charge in [0.1, 0.15) is 0 Å². The van der Waals surface area contributed by atoms with Crippen molar-refractivity contribution in [1.29, 1.82) is 0 Å². The normalized spacial score (nSPS) is 10.4. The molecule has 3 rings (SSSR count).